The van der Waals surface area contributed by atoms with Gasteiger partial charge in [-0.05, 0) is 30.4 Å². The topological polar surface area (TPSA) is 64.3 Å². The summed E-state index contributed by atoms with van der Waals surface area (Å²) in [5.41, 5.74) is 1.06. The highest BCUT2D eigenvalue weighted by Crippen LogP contribution is 2.26. The lowest BCUT2D eigenvalue weighted by molar-refractivity contribution is 0.104. The standard InChI is InChI=1S/C14H13ClN2O3/c1-17-11(10(15)8-16-17)4-6-12(18)9-3-5-13(19)14(7-9)20-2/h3-8,19H,1-2H3/b6-4+. The minimum atomic E-state index is -0.222. The van der Waals surface area contributed by atoms with E-state index in [1.165, 1.54) is 37.6 Å². The highest BCUT2D eigenvalue weighted by Gasteiger charge is 2.08. The third-order valence-electron chi connectivity index (χ3n) is 2.79. The summed E-state index contributed by atoms with van der Waals surface area (Å²) in [4.78, 5) is 12.0. The highest BCUT2D eigenvalue weighted by molar-refractivity contribution is 6.31. The molecule has 1 heterocycles. The summed E-state index contributed by atoms with van der Waals surface area (Å²) >= 11 is 5.94. The summed E-state index contributed by atoms with van der Waals surface area (Å²) in [6.45, 7) is 0. The van der Waals surface area contributed by atoms with Crippen molar-refractivity contribution in [2.24, 2.45) is 7.05 Å². The van der Waals surface area contributed by atoms with Crippen LogP contribution in [0.4, 0.5) is 0 Å². The first-order valence-electron chi connectivity index (χ1n) is 5.80. The monoisotopic (exact) mass is 292 g/mol. The van der Waals surface area contributed by atoms with Crippen LogP contribution >= 0.6 is 11.6 Å². The molecule has 5 nitrogen and oxygen atoms in total. The molecule has 0 radical (unpaired) electrons. The van der Waals surface area contributed by atoms with Gasteiger partial charge in [0.1, 0.15) is 0 Å². The van der Waals surface area contributed by atoms with Crippen molar-refractivity contribution in [1.29, 1.82) is 0 Å². The Morgan fingerprint density at radius 2 is 2.25 bits per heavy atom. The molecule has 0 aliphatic carbocycles. The minimum absolute atomic E-state index is 0.0114. The first-order chi connectivity index (χ1) is 9.52. The SMILES string of the molecule is COc1cc(C(=O)/C=C/c2c(Cl)cnn2C)ccc1O. The van der Waals surface area contributed by atoms with Crippen LogP contribution in [0.3, 0.4) is 0 Å². The van der Waals surface area contributed by atoms with Crippen LogP contribution in [0.1, 0.15) is 16.1 Å². The van der Waals surface area contributed by atoms with E-state index in [-0.39, 0.29) is 17.3 Å². The van der Waals surface area contributed by atoms with Crippen LogP contribution in [0, 0.1) is 0 Å². The van der Waals surface area contributed by atoms with Gasteiger partial charge in [0.05, 0.1) is 24.0 Å². The van der Waals surface area contributed by atoms with E-state index < -0.39 is 0 Å². The normalized spacial score (nSPS) is 10.9. The number of hydrogen-bond donors (Lipinski definition) is 1. The van der Waals surface area contributed by atoms with Gasteiger partial charge < -0.3 is 9.84 Å². The number of aryl methyl sites for hydroxylation is 1. The first kappa shape index (κ1) is 14.1. The molecule has 1 N–H and O–H groups in total. The number of rotatable bonds is 4. The van der Waals surface area contributed by atoms with E-state index in [0.717, 1.165) is 0 Å². The fourth-order valence-electron chi connectivity index (χ4n) is 1.69. The van der Waals surface area contributed by atoms with Gasteiger partial charge in [-0.15, -0.1) is 0 Å². The van der Waals surface area contributed by atoms with Gasteiger partial charge in [-0.3, -0.25) is 9.48 Å². The molecule has 0 atom stereocenters. The van der Waals surface area contributed by atoms with Crippen LogP contribution in [0.5, 0.6) is 11.5 Å². The van der Waals surface area contributed by atoms with Gasteiger partial charge in [0.15, 0.2) is 17.3 Å². The van der Waals surface area contributed by atoms with Crippen molar-refractivity contribution in [3.63, 3.8) is 0 Å². The van der Waals surface area contributed by atoms with E-state index in [9.17, 15) is 9.90 Å². The maximum atomic E-state index is 12.0. The highest BCUT2D eigenvalue weighted by atomic mass is 35.5. The summed E-state index contributed by atoms with van der Waals surface area (Å²) in [6.07, 6.45) is 4.50. The molecule has 20 heavy (non-hydrogen) atoms. The third kappa shape index (κ3) is 2.83. The second kappa shape index (κ2) is 5.79. The Bertz CT molecular complexity index is 658. The number of allylic oxidation sites excluding steroid dienone is 1. The predicted molar refractivity (Wildman–Crippen MR) is 76.2 cm³/mol. The average molecular weight is 293 g/mol. The fourth-order valence-corrected chi connectivity index (χ4v) is 1.92. The molecule has 1 aromatic heterocycles. The van der Waals surface area contributed by atoms with Gasteiger partial charge >= 0.3 is 0 Å². The fraction of sp³-hybridized carbons (Fsp3) is 0.143. The summed E-state index contributed by atoms with van der Waals surface area (Å²) in [6, 6.07) is 4.42. The summed E-state index contributed by atoms with van der Waals surface area (Å²) in [7, 11) is 3.16. The Labute approximate surface area is 121 Å². The van der Waals surface area contributed by atoms with Gasteiger partial charge in [-0.1, -0.05) is 11.6 Å². The Balaban J connectivity index is 2.24. The quantitative estimate of drug-likeness (QED) is 0.695. The number of ketones is 1. The van der Waals surface area contributed by atoms with Crippen molar-refractivity contribution < 1.29 is 14.6 Å². The number of aromatic nitrogens is 2. The van der Waals surface area contributed by atoms with E-state index in [2.05, 4.69) is 5.10 Å². The zero-order valence-electron chi connectivity index (χ0n) is 11.0. The van der Waals surface area contributed by atoms with E-state index in [1.54, 1.807) is 17.8 Å². The summed E-state index contributed by atoms with van der Waals surface area (Å²) < 4.78 is 6.54. The Hall–Kier alpha value is -2.27. The van der Waals surface area contributed by atoms with Crippen molar-refractivity contribution in [3.05, 3.63) is 46.8 Å². The lowest BCUT2D eigenvalue weighted by atomic mass is 10.1. The van der Waals surface area contributed by atoms with Crippen LogP contribution in [0.2, 0.25) is 5.02 Å². The second-order valence-electron chi connectivity index (χ2n) is 4.09. The Kier molecular flexibility index (Phi) is 4.10. The third-order valence-corrected chi connectivity index (χ3v) is 3.09. The van der Waals surface area contributed by atoms with Crippen molar-refractivity contribution in [3.8, 4) is 11.5 Å². The average Bonchev–Trinajstić information content (AvgIpc) is 2.76. The van der Waals surface area contributed by atoms with E-state index >= 15 is 0 Å². The molecular weight excluding hydrogens is 280 g/mol. The summed E-state index contributed by atoms with van der Waals surface area (Å²) in [5.74, 6) is 0.0195. The molecule has 0 bridgehead atoms. The molecule has 0 spiro atoms. The molecule has 6 heteroatoms. The van der Waals surface area contributed by atoms with Crippen molar-refractivity contribution in [2.75, 3.05) is 7.11 Å². The number of methoxy groups -OCH3 is 1. The van der Waals surface area contributed by atoms with Gasteiger partial charge in [-0.25, -0.2) is 0 Å². The number of aromatic hydroxyl groups is 1. The molecule has 0 saturated heterocycles. The molecule has 0 saturated carbocycles. The zero-order chi connectivity index (χ0) is 14.7. The number of hydrogen-bond acceptors (Lipinski definition) is 4. The smallest absolute Gasteiger partial charge is 0.186 e. The molecule has 1 aromatic carbocycles. The number of ether oxygens (including phenoxy) is 1. The van der Waals surface area contributed by atoms with Crippen molar-refractivity contribution in [1.82, 2.24) is 9.78 Å². The number of phenols is 1. The second-order valence-corrected chi connectivity index (χ2v) is 4.49. The van der Waals surface area contributed by atoms with Crippen LogP contribution < -0.4 is 4.74 Å². The number of nitrogens with zero attached hydrogens (tertiary/aromatic N) is 2. The lowest BCUT2D eigenvalue weighted by Gasteiger charge is -2.04. The van der Waals surface area contributed by atoms with E-state index in [0.29, 0.717) is 16.3 Å². The van der Waals surface area contributed by atoms with Crippen LogP contribution in [0.15, 0.2) is 30.5 Å². The van der Waals surface area contributed by atoms with Gasteiger partial charge in [0, 0.05) is 12.6 Å². The number of phenolic OH excluding ortho intramolecular Hbond substituents is 1. The van der Waals surface area contributed by atoms with Gasteiger partial charge in [0.25, 0.3) is 0 Å². The molecule has 104 valence electrons. The van der Waals surface area contributed by atoms with Crippen molar-refractivity contribution >= 4 is 23.5 Å². The number of carbonyl (C=O) groups excluding carboxylic acids is 1. The summed E-state index contributed by atoms with van der Waals surface area (Å²) in [5, 5.41) is 13.9. The molecule has 0 fully saturated rings. The van der Waals surface area contributed by atoms with Gasteiger partial charge in [-0.2, -0.15) is 5.10 Å². The molecule has 0 aliphatic rings. The number of halogens is 1. The first-order valence-corrected chi connectivity index (χ1v) is 6.17. The largest absolute Gasteiger partial charge is 0.504 e. The zero-order valence-corrected chi connectivity index (χ0v) is 11.8. The predicted octanol–water partition coefficient (Wildman–Crippen LogP) is 2.68. The molecule has 0 aliphatic heterocycles. The van der Waals surface area contributed by atoms with E-state index in [1.807, 2.05) is 0 Å². The van der Waals surface area contributed by atoms with E-state index in [4.69, 9.17) is 16.3 Å². The van der Waals surface area contributed by atoms with Crippen molar-refractivity contribution in [2.45, 2.75) is 0 Å². The molecule has 2 aromatic rings. The van der Waals surface area contributed by atoms with Crippen LogP contribution in [-0.4, -0.2) is 27.8 Å². The minimum Gasteiger partial charge on any atom is -0.504 e. The van der Waals surface area contributed by atoms with Crippen LogP contribution in [-0.2, 0) is 7.05 Å². The maximum Gasteiger partial charge on any atom is 0.186 e. The lowest BCUT2D eigenvalue weighted by Crippen LogP contribution is -1.97. The Morgan fingerprint density at radius 3 is 2.85 bits per heavy atom. The molecule has 0 amide bonds. The number of benzene rings is 1. The maximum absolute atomic E-state index is 12.0. The molecule has 2 rings (SSSR count). The Morgan fingerprint density at radius 1 is 1.50 bits per heavy atom. The van der Waals surface area contributed by atoms with Gasteiger partial charge in [0.2, 0.25) is 0 Å². The molecular formula is C14H13ClN2O3. The van der Waals surface area contributed by atoms with Crippen LogP contribution in [0.25, 0.3) is 6.08 Å². The molecule has 0 unspecified atom stereocenters. The number of carbonyl (C=O) groups is 1.